The molecular weight excluding hydrogens is 234 g/mol. The molecule has 19 heavy (non-hydrogen) atoms. The van der Waals surface area contributed by atoms with Gasteiger partial charge in [0.25, 0.3) is 0 Å². The summed E-state index contributed by atoms with van der Waals surface area (Å²) in [5.74, 6) is 0. The van der Waals surface area contributed by atoms with E-state index in [0.717, 1.165) is 12.1 Å². The van der Waals surface area contributed by atoms with E-state index >= 15 is 0 Å². The monoisotopic (exact) mass is 267 g/mol. The van der Waals surface area contributed by atoms with Crippen molar-refractivity contribution in [1.82, 2.24) is 15.1 Å². The molecule has 2 aliphatic rings. The van der Waals surface area contributed by atoms with Gasteiger partial charge >= 0.3 is 0 Å². The van der Waals surface area contributed by atoms with Crippen molar-refractivity contribution in [2.75, 3.05) is 26.7 Å². The van der Waals surface area contributed by atoms with E-state index in [1.807, 2.05) is 0 Å². The van der Waals surface area contributed by atoms with Crippen LogP contribution < -0.4 is 5.32 Å². The normalized spacial score (nSPS) is 24.3. The smallest absolute Gasteiger partial charge is 0.0347 e. The molecule has 2 fully saturated rings. The summed E-state index contributed by atoms with van der Waals surface area (Å²) in [6.45, 7) is 13.0. The molecule has 0 amide bonds. The Kier molecular flexibility index (Phi) is 4.91. The molecule has 3 heteroatoms. The third-order valence-corrected chi connectivity index (χ3v) is 4.97. The zero-order valence-corrected chi connectivity index (χ0v) is 13.6. The summed E-state index contributed by atoms with van der Waals surface area (Å²) in [5, 5.41) is 3.74. The maximum Gasteiger partial charge on any atom is 0.0347 e. The van der Waals surface area contributed by atoms with Gasteiger partial charge in [0.1, 0.15) is 0 Å². The van der Waals surface area contributed by atoms with E-state index in [2.05, 4.69) is 49.9 Å². The highest BCUT2D eigenvalue weighted by atomic mass is 15.3. The fourth-order valence-electron chi connectivity index (χ4n) is 2.92. The lowest BCUT2D eigenvalue weighted by Crippen LogP contribution is -2.64. The topological polar surface area (TPSA) is 18.5 Å². The second kappa shape index (κ2) is 6.11. The van der Waals surface area contributed by atoms with Crippen molar-refractivity contribution in [3.63, 3.8) is 0 Å². The van der Waals surface area contributed by atoms with Crippen LogP contribution in [0.25, 0.3) is 0 Å². The highest BCUT2D eigenvalue weighted by Crippen LogP contribution is 2.24. The standard InChI is InChI=1S/C16H33N3/c1-13(17-14-7-6-8-14)9-10-18(5)15-11-19(12-15)16(2,3)4/h13-15,17H,6-12H2,1-5H3. The fraction of sp³-hybridized carbons (Fsp3) is 1.00. The molecule has 1 saturated carbocycles. The lowest BCUT2D eigenvalue weighted by molar-refractivity contribution is -0.0136. The van der Waals surface area contributed by atoms with Gasteiger partial charge < -0.3 is 10.2 Å². The van der Waals surface area contributed by atoms with Crippen molar-refractivity contribution in [3.05, 3.63) is 0 Å². The zero-order valence-electron chi connectivity index (χ0n) is 13.6. The number of nitrogens with zero attached hydrogens (tertiary/aromatic N) is 2. The molecule has 1 unspecified atom stereocenters. The fourth-order valence-corrected chi connectivity index (χ4v) is 2.92. The molecule has 1 saturated heterocycles. The second-order valence-corrected chi connectivity index (χ2v) is 7.69. The first-order chi connectivity index (χ1) is 8.86. The molecule has 0 spiro atoms. The van der Waals surface area contributed by atoms with Crippen LogP contribution in [0, 0.1) is 0 Å². The SMILES string of the molecule is CC(CCN(C)C1CN(C(C)(C)C)C1)NC1CCC1. The van der Waals surface area contributed by atoms with Crippen LogP contribution in [0.1, 0.15) is 53.4 Å². The van der Waals surface area contributed by atoms with E-state index in [9.17, 15) is 0 Å². The minimum Gasteiger partial charge on any atom is -0.311 e. The van der Waals surface area contributed by atoms with E-state index < -0.39 is 0 Å². The number of likely N-dealkylation sites (N-methyl/N-ethyl adjacent to an activating group) is 1. The van der Waals surface area contributed by atoms with Crippen molar-refractivity contribution in [1.29, 1.82) is 0 Å². The number of nitrogens with one attached hydrogen (secondary N) is 1. The third-order valence-electron chi connectivity index (χ3n) is 4.97. The van der Waals surface area contributed by atoms with Crippen LogP contribution in [0.5, 0.6) is 0 Å². The van der Waals surface area contributed by atoms with Gasteiger partial charge in [0, 0.05) is 36.8 Å². The number of rotatable bonds is 6. The Morgan fingerprint density at radius 1 is 1.26 bits per heavy atom. The van der Waals surface area contributed by atoms with Crippen molar-refractivity contribution in [2.45, 2.75) is 77.0 Å². The summed E-state index contributed by atoms with van der Waals surface area (Å²) in [5.41, 5.74) is 0.344. The summed E-state index contributed by atoms with van der Waals surface area (Å²) in [4.78, 5) is 5.13. The summed E-state index contributed by atoms with van der Waals surface area (Å²) in [6.07, 6.45) is 5.49. The average Bonchev–Trinajstić information content (AvgIpc) is 2.16. The first-order valence-electron chi connectivity index (χ1n) is 8.07. The number of hydrogen-bond acceptors (Lipinski definition) is 3. The van der Waals surface area contributed by atoms with Gasteiger partial charge in [-0.1, -0.05) is 6.42 Å². The maximum atomic E-state index is 3.74. The van der Waals surface area contributed by atoms with E-state index in [-0.39, 0.29) is 0 Å². The summed E-state index contributed by atoms with van der Waals surface area (Å²) in [6, 6.07) is 2.27. The molecule has 0 aromatic heterocycles. The van der Waals surface area contributed by atoms with E-state index in [1.54, 1.807) is 0 Å². The Labute approximate surface area is 119 Å². The minimum absolute atomic E-state index is 0.344. The zero-order chi connectivity index (χ0) is 14.0. The molecule has 1 aliphatic heterocycles. The van der Waals surface area contributed by atoms with Gasteiger partial charge in [0.2, 0.25) is 0 Å². The molecule has 1 N–H and O–H groups in total. The predicted octanol–water partition coefficient (Wildman–Crippen LogP) is 2.32. The summed E-state index contributed by atoms with van der Waals surface area (Å²) >= 11 is 0. The van der Waals surface area contributed by atoms with Crippen LogP contribution in [0.15, 0.2) is 0 Å². The van der Waals surface area contributed by atoms with Gasteiger partial charge in [0.15, 0.2) is 0 Å². The lowest BCUT2D eigenvalue weighted by atomic mass is 9.92. The van der Waals surface area contributed by atoms with Crippen LogP contribution in [-0.4, -0.2) is 60.1 Å². The molecular formula is C16H33N3. The van der Waals surface area contributed by atoms with Gasteiger partial charge in [-0.3, -0.25) is 4.90 Å². The molecule has 112 valence electrons. The van der Waals surface area contributed by atoms with Crippen molar-refractivity contribution in [3.8, 4) is 0 Å². The third kappa shape index (κ3) is 4.17. The molecule has 3 nitrogen and oxygen atoms in total. The van der Waals surface area contributed by atoms with Gasteiger partial charge in [0.05, 0.1) is 0 Å². The van der Waals surface area contributed by atoms with Crippen molar-refractivity contribution in [2.24, 2.45) is 0 Å². The largest absolute Gasteiger partial charge is 0.311 e. The Morgan fingerprint density at radius 3 is 2.37 bits per heavy atom. The molecule has 0 radical (unpaired) electrons. The quantitative estimate of drug-likeness (QED) is 0.797. The van der Waals surface area contributed by atoms with Gasteiger partial charge in [-0.15, -0.1) is 0 Å². The number of likely N-dealkylation sites (tertiary alicyclic amines) is 1. The van der Waals surface area contributed by atoms with E-state index in [0.29, 0.717) is 11.6 Å². The van der Waals surface area contributed by atoms with Crippen molar-refractivity contribution < 1.29 is 0 Å². The Bertz CT molecular complexity index is 274. The molecule has 0 bridgehead atoms. The van der Waals surface area contributed by atoms with Crippen LogP contribution in [0.3, 0.4) is 0 Å². The minimum atomic E-state index is 0.344. The van der Waals surface area contributed by atoms with Crippen LogP contribution in [0.4, 0.5) is 0 Å². The van der Waals surface area contributed by atoms with Crippen LogP contribution >= 0.6 is 0 Å². The Hall–Kier alpha value is -0.120. The Morgan fingerprint density at radius 2 is 1.89 bits per heavy atom. The summed E-state index contributed by atoms with van der Waals surface area (Å²) in [7, 11) is 2.29. The summed E-state index contributed by atoms with van der Waals surface area (Å²) < 4.78 is 0. The molecule has 1 heterocycles. The van der Waals surface area contributed by atoms with Gasteiger partial charge in [-0.25, -0.2) is 0 Å². The molecule has 1 aliphatic carbocycles. The van der Waals surface area contributed by atoms with Crippen molar-refractivity contribution >= 4 is 0 Å². The molecule has 0 aromatic carbocycles. The first-order valence-corrected chi connectivity index (χ1v) is 8.07. The van der Waals surface area contributed by atoms with E-state index in [1.165, 1.54) is 45.3 Å². The predicted molar refractivity (Wildman–Crippen MR) is 82.6 cm³/mol. The maximum absolute atomic E-state index is 3.74. The van der Waals surface area contributed by atoms with Gasteiger partial charge in [-0.05, 0) is 60.5 Å². The van der Waals surface area contributed by atoms with Gasteiger partial charge in [-0.2, -0.15) is 0 Å². The van der Waals surface area contributed by atoms with E-state index in [4.69, 9.17) is 0 Å². The molecule has 2 rings (SSSR count). The van der Waals surface area contributed by atoms with Crippen LogP contribution in [-0.2, 0) is 0 Å². The molecule has 1 atom stereocenters. The number of hydrogen-bond donors (Lipinski definition) is 1. The second-order valence-electron chi connectivity index (χ2n) is 7.69. The Balaban J connectivity index is 1.58. The lowest BCUT2D eigenvalue weighted by Gasteiger charge is -2.50. The highest BCUT2D eigenvalue weighted by Gasteiger charge is 2.36. The first kappa shape index (κ1) is 15.3. The van der Waals surface area contributed by atoms with Crippen LogP contribution in [0.2, 0.25) is 0 Å². The molecule has 0 aromatic rings. The highest BCUT2D eigenvalue weighted by molar-refractivity contribution is 4.93. The average molecular weight is 267 g/mol.